The van der Waals surface area contributed by atoms with Crippen LogP contribution >= 0.6 is 11.3 Å². The minimum atomic E-state index is -2.79. The highest BCUT2D eigenvalue weighted by Gasteiger charge is 2.33. The number of hydrogen-bond acceptors (Lipinski definition) is 5. The first-order chi connectivity index (χ1) is 14.7. The van der Waals surface area contributed by atoms with Crippen LogP contribution < -0.4 is 10.2 Å². The van der Waals surface area contributed by atoms with Crippen LogP contribution in [0.4, 0.5) is 24.7 Å². The number of carbonyl (C=O) groups is 2. The molecule has 0 bridgehead atoms. The number of pyridine rings is 1. The number of benzene rings is 1. The van der Waals surface area contributed by atoms with E-state index < -0.39 is 23.6 Å². The Hall–Kier alpha value is -3.14. The number of carboxylic acid groups (broad SMARTS) is 1. The summed E-state index contributed by atoms with van der Waals surface area (Å²) in [7, 11) is 0. The molecular formula is C21H18F3N3O3S. The van der Waals surface area contributed by atoms with Crippen molar-refractivity contribution >= 4 is 45.6 Å². The number of carboxylic acids is 1. The molecule has 0 unspecified atom stereocenters. The summed E-state index contributed by atoms with van der Waals surface area (Å²) in [6.45, 7) is 0.286. The Morgan fingerprint density at radius 3 is 2.71 bits per heavy atom. The lowest BCUT2D eigenvalue weighted by Crippen LogP contribution is -2.29. The molecule has 6 nitrogen and oxygen atoms in total. The summed E-state index contributed by atoms with van der Waals surface area (Å²) in [4.78, 5) is 30.2. The van der Waals surface area contributed by atoms with Gasteiger partial charge in [-0.1, -0.05) is 0 Å². The van der Waals surface area contributed by atoms with Crippen LogP contribution in [-0.2, 0) is 0 Å². The van der Waals surface area contributed by atoms with Gasteiger partial charge in [0, 0.05) is 42.8 Å². The van der Waals surface area contributed by atoms with Crippen molar-refractivity contribution in [3.05, 3.63) is 52.0 Å². The van der Waals surface area contributed by atoms with E-state index in [2.05, 4.69) is 10.3 Å². The van der Waals surface area contributed by atoms with Gasteiger partial charge in [-0.05, 0) is 30.7 Å². The van der Waals surface area contributed by atoms with Gasteiger partial charge in [0.25, 0.3) is 5.91 Å². The van der Waals surface area contributed by atoms with E-state index in [0.717, 1.165) is 11.3 Å². The third-order valence-corrected chi connectivity index (χ3v) is 6.01. The molecule has 1 saturated heterocycles. The molecule has 1 amide bonds. The van der Waals surface area contributed by atoms with Crippen molar-refractivity contribution in [1.29, 1.82) is 0 Å². The number of alkyl halides is 2. The molecule has 3 aromatic rings. The summed E-state index contributed by atoms with van der Waals surface area (Å²) in [6.07, 6.45) is -0.396. The molecule has 0 saturated carbocycles. The molecule has 0 atom stereocenters. The second-order valence-electron chi connectivity index (χ2n) is 7.35. The molecular weight excluding hydrogens is 431 g/mol. The Balaban J connectivity index is 1.72. The van der Waals surface area contributed by atoms with Crippen LogP contribution in [0.5, 0.6) is 0 Å². The van der Waals surface area contributed by atoms with Crippen LogP contribution in [0, 0.1) is 5.82 Å². The lowest BCUT2D eigenvalue weighted by atomic mass is 10.1. The number of carbonyl (C=O) groups excluding carboxylic acids is 1. The number of nitrogens with zero attached hydrogens (tertiary/aromatic N) is 2. The lowest BCUT2D eigenvalue weighted by Gasteiger charge is -2.24. The van der Waals surface area contributed by atoms with Crippen LogP contribution in [0.15, 0.2) is 35.7 Å². The summed E-state index contributed by atoms with van der Waals surface area (Å²) in [5, 5.41) is 13.7. The first-order valence-electron chi connectivity index (χ1n) is 9.58. The molecule has 31 heavy (non-hydrogen) atoms. The highest BCUT2D eigenvalue weighted by molar-refractivity contribution is 7.12. The van der Waals surface area contributed by atoms with E-state index in [1.54, 1.807) is 11.0 Å². The van der Waals surface area contributed by atoms with Gasteiger partial charge in [-0.3, -0.25) is 4.79 Å². The van der Waals surface area contributed by atoms with E-state index in [1.807, 2.05) is 0 Å². The fourth-order valence-corrected chi connectivity index (χ4v) is 4.20. The average Bonchev–Trinajstić information content (AvgIpc) is 3.10. The van der Waals surface area contributed by atoms with E-state index in [-0.39, 0.29) is 48.6 Å². The van der Waals surface area contributed by atoms with Gasteiger partial charge in [0.2, 0.25) is 5.92 Å². The summed E-state index contributed by atoms with van der Waals surface area (Å²) in [5.41, 5.74) is 0.763. The Labute approximate surface area is 179 Å². The molecule has 4 rings (SSSR count). The number of fused-ring (bicyclic) bond motifs is 1. The predicted molar refractivity (Wildman–Crippen MR) is 112 cm³/mol. The third kappa shape index (κ3) is 4.63. The highest BCUT2D eigenvalue weighted by atomic mass is 32.1. The van der Waals surface area contributed by atoms with Crippen molar-refractivity contribution in [3.63, 3.8) is 0 Å². The summed E-state index contributed by atoms with van der Waals surface area (Å²) >= 11 is 0.968. The maximum atomic E-state index is 13.9. The van der Waals surface area contributed by atoms with Gasteiger partial charge < -0.3 is 15.3 Å². The number of thiophene rings is 1. The Morgan fingerprint density at radius 2 is 1.97 bits per heavy atom. The fraction of sp³-hybridized carbons (Fsp3) is 0.286. The maximum Gasteiger partial charge on any atom is 0.345 e. The number of rotatable bonds is 4. The first-order valence-corrected chi connectivity index (χ1v) is 10.5. The zero-order chi connectivity index (χ0) is 22.2. The lowest BCUT2D eigenvalue weighted by molar-refractivity contribution is -0.0102. The number of aromatic carboxylic acids is 1. The zero-order valence-corrected chi connectivity index (χ0v) is 17.0. The van der Waals surface area contributed by atoms with Crippen LogP contribution in [0.2, 0.25) is 0 Å². The van der Waals surface area contributed by atoms with Gasteiger partial charge in [0.15, 0.2) is 0 Å². The highest BCUT2D eigenvalue weighted by Crippen LogP contribution is 2.32. The predicted octanol–water partition coefficient (Wildman–Crippen LogP) is 5.01. The van der Waals surface area contributed by atoms with Crippen molar-refractivity contribution < 1.29 is 27.9 Å². The molecule has 0 spiro atoms. The van der Waals surface area contributed by atoms with E-state index in [1.165, 1.54) is 29.6 Å². The summed E-state index contributed by atoms with van der Waals surface area (Å²) in [6, 6.07) is 6.84. The molecule has 162 valence electrons. The van der Waals surface area contributed by atoms with Gasteiger partial charge >= 0.3 is 5.97 Å². The molecule has 1 aliphatic heterocycles. The number of aromatic nitrogens is 1. The van der Waals surface area contributed by atoms with Gasteiger partial charge in [-0.25, -0.2) is 22.9 Å². The second-order valence-corrected chi connectivity index (χ2v) is 8.26. The van der Waals surface area contributed by atoms with E-state index >= 15 is 0 Å². The number of hydrogen-bond donors (Lipinski definition) is 2. The standard InChI is InChI=1S/C21H18F3N3O3S/c22-13-3-2-12-8-15(19(28)25-14-10-17(20(29)30)31-11-14)18(26-16(12)9-13)27-6-1-4-21(23,24)5-7-27/h2-3,8-11H,1,4-7H2,(H,25,28)(H,29,30). The second kappa shape index (κ2) is 8.18. The normalized spacial score (nSPS) is 16.2. The maximum absolute atomic E-state index is 13.9. The zero-order valence-electron chi connectivity index (χ0n) is 16.2. The minimum absolute atomic E-state index is 0.00269. The van der Waals surface area contributed by atoms with Crippen molar-refractivity contribution in [2.24, 2.45) is 0 Å². The Kier molecular flexibility index (Phi) is 5.57. The molecule has 2 aromatic heterocycles. The number of halogens is 3. The molecule has 2 N–H and O–H groups in total. The Bertz CT molecular complexity index is 1170. The molecule has 1 fully saturated rings. The molecule has 3 heterocycles. The van der Waals surface area contributed by atoms with Crippen molar-refractivity contribution in [2.75, 3.05) is 23.3 Å². The van der Waals surface area contributed by atoms with Gasteiger partial charge in [-0.2, -0.15) is 0 Å². The third-order valence-electron chi connectivity index (χ3n) is 5.09. The molecule has 0 aliphatic carbocycles. The van der Waals surface area contributed by atoms with E-state index in [9.17, 15) is 22.8 Å². The number of nitrogens with one attached hydrogen (secondary N) is 1. The van der Waals surface area contributed by atoms with E-state index in [4.69, 9.17) is 5.11 Å². The minimum Gasteiger partial charge on any atom is -0.477 e. The fourth-order valence-electron chi connectivity index (χ4n) is 3.53. The Morgan fingerprint density at radius 1 is 1.16 bits per heavy atom. The number of amides is 1. The SMILES string of the molecule is O=C(O)c1cc(NC(=O)c2cc3ccc(F)cc3nc2N2CCCC(F)(F)CC2)cs1. The van der Waals surface area contributed by atoms with Gasteiger partial charge in [0.1, 0.15) is 16.5 Å². The smallest absolute Gasteiger partial charge is 0.345 e. The molecule has 1 aliphatic rings. The van der Waals surface area contributed by atoms with Crippen LogP contribution in [0.1, 0.15) is 39.3 Å². The topological polar surface area (TPSA) is 82.5 Å². The first kappa shape index (κ1) is 21.1. The quantitative estimate of drug-likeness (QED) is 0.585. The van der Waals surface area contributed by atoms with Crippen LogP contribution in [-0.4, -0.2) is 41.0 Å². The van der Waals surface area contributed by atoms with Crippen molar-refractivity contribution in [1.82, 2.24) is 4.98 Å². The van der Waals surface area contributed by atoms with Gasteiger partial charge in [-0.15, -0.1) is 11.3 Å². The van der Waals surface area contributed by atoms with Crippen LogP contribution in [0.25, 0.3) is 10.9 Å². The summed E-state index contributed by atoms with van der Waals surface area (Å²) in [5.74, 6) is -4.75. The molecule has 10 heteroatoms. The molecule has 0 radical (unpaired) electrons. The largest absolute Gasteiger partial charge is 0.477 e. The van der Waals surface area contributed by atoms with Crippen LogP contribution in [0.3, 0.4) is 0 Å². The van der Waals surface area contributed by atoms with E-state index in [0.29, 0.717) is 16.6 Å². The van der Waals surface area contributed by atoms with Crippen molar-refractivity contribution in [3.8, 4) is 0 Å². The average molecular weight is 449 g/mol. The number of anilines is 2. The molecule has 1 aromatic carbocycles. The monoisotopic (exact) mass is 449 g/mol. The van der Waals surface area contributed by atoms with Crippen molar-refractivity contribution in [2.45, 2.75) is 25.2 Å². The summed E-state index contributed by atoms with van der Waals surface area (Å²) < 4.78 is 41.4. The van der Waals surface area contributed by atoms with Gasteiger partial charge in [0.05, 0.1) is 16.8 Å².